The molecule has 5 aromatic rings. The summed E-state index contributed by atoms with van der Waals surface area (Å²) >= 11 is 0. The number of nitrogens with one attached hydrogen (secondary N) is 3. The zero-order chi connectivity index (χ0) is 46.1. The minimum absolute atomic E-state index is 0.0267. The first-order valence-corrected chi connectivity index (χ1v) is 22.3. The van der Waals surface area contributed by atoms with Gasteiger partial charge in [-0.05, 0) is 85.9 Å². The number of ether oxygens (including phenoxy) is 6. The number of benzene rings is 3. The largest absolute Gasteiger partial charge is 0.488 e. The number of likely N-dealkylation sites (tertiary alicyclic amines) is 2. The van der Waals surface area contributed by atoms with Crippen LogP contribution >= 0.6 is 0 Å². The van der Waals surface area contributed by atoms with Gasteiger partial charge in [-0.25, -0.2) is 14.8 Å². The van der Waals surface area contributed by atoms with Crippen molar-refractivity contribution in [3.8, 4) is 28.1 Å². The van der Waals surface area contributed by atoms with Gasteiger partial charge in [0.2, 0.25) is 11.8 Å². The van der Waals surface area contributed by atoms with Crippen LogP contribution in [0.15, 0.2) is 48.7 Å². The van der Waals surface area contributed by atoms with Crippen LogP contribution in [0.1, 0.15) is 82.2 Å². The van der Waals surface area contributed by atoms with E-state index in [0.29, 0.717) is 37.8 Å². The van der Waals surface area contributed by atoms with Crippen LogP contribution in [0.3, 0.4) is 0 Å². The number of rotatable bonds is 15. The Bertz CT molecular complexity index is 2570. The molecular weight excluding hydrogens is 835 g/mol. The van der Waals surface area contributed by atoms with E-state index in [2.05, 4.69) is 52.5 Å². The van der Waals surface area contributed by atoms with E-state index in [4.69, 9.17) is 38.4 Å². The summed E-state index contributed by atoms with van der Waals surface area (Å²) in [4.78, 5) is 73.6. The van der Waals surface area contributed by atoms with Gasteiger partial charge in [0.1, 0.15) is 30.0 Å². The van der Waals surface area contributed by atoms with Crippen LogP contribution in [0.5, 0.6) is 5.75 Å². The van der Waals surface area contributed by atoms with E-state index in [-0.39, 0.29) is 42.3 Å². The SMILES string of the molecule is CC[C@H]1CC[C@@H](c2ncc(-c3ccc4c(c3)COc3cc5c(ccc6[nH]c([C@@H]7C[C@H](COC)CN7C(=O)[C@@H](CC(=O)OC)[C@@H](C)OC)nc65)cc3-4)[nH]2)N1C(=O)[C@@H](NC(=O)OC)[C@@H](C)OC. The minimum Gasteiger partial charge on any atom is -0.488 e. The third-order valence-electron chi connectivity index (χ3n) is 13.6. The first-order chi connectivity index (χ1) is 31.4. The first-order valence-electron chi connectivity index (χ1n) is 22.3. The lowest BCUT2D eigenvalue weighted by molar-refractivity contribution is -0.151. The molecule has 3 aromatic carbocycles. The Morgan fingerprint density at radius 1 is 0.892 bits per heavy atom. The van der Waals surface area contributed by atoms with Crippen molar-refractivity contribution in [2.45, 2.75) is 95.9 Å². The number of alkyl carbamates (subject to hydrolysis) is 1. The highest BCUT2D eigenvalue weighted by Gasteiger charge is 2.44. The fourth-order valence-electron chi connectivity index (χ4n) is 9.91. The molecule has 0 aliphatic carbocycles. The minimum atomic E-state index is -0.931. The molecule has 65 heavy (non-hydrogen) atoms. The number of H-pyrrole nitrogens is 2. The van der Waals surface area contributed by atoms with Gasteiger partial charge in [0.05, 0.1) is 80.4 Å². The Hall–Kier alpha value is -6.04. The smallest absolute Gasteiger partial charge is 0.407 e. The highest BCUT2D eigenvalue weighted by Crippen LogP contribution is 2.44. The molecule has 3 N–H and O–H groups in total. The Balaban J connectivity index is 1.06. The second-order valence-corrected chi connectivity index (χ2v) is 17.3. The van der Waals surface area contributed by atoms with Crippen LogP contribution in [-0.2, 0) is 44.7 Å². The number of aromatic amines is 2. The summed E-state index contributed by atoms with van der Waals surface area (Å²) in [6.45, 7) is 6.88. The van der Waals surface area contributed by atoms with Crippen molar-refractivity contribution in [3.63, 3.8) is 0 Å². The molecule has 17 nitrogen and oxygen atoms in total. The van der Waals surface area contributed by atoms with E-state index in [9.17, 15) is 19.2 Å². The number of hydrogen-bond donors (Lipinski definition) is 3. The Morgan fingerprint density at radius 3 is 2.42 bits per heavy atom. The van der Waals surface area contributed by atoms with Crippen LogP contribution in [0.4, 0.5) is 4.79 Å². The average Bonchev–Trinajstić information content (AvgIpc) is 4.16. The second-order valence-electron chi connectivity index (χ2n) is 17.3. The van der Waals surface area contributed by atoms with E-state index < -0.39 is 36.2 Å². The van der Waals surface area contributed by atoms with Gasteiger partial charge in [0.15, 0.2) is 0 Å². The predicted molar refractivity (Wildman–Crippen MR) is 241 cm³/mol. The fraction of sp³-hybridized carbons (Fsp3) is 0.500. The van der Waals surface area contributed by atoms with Crippen molar-refractivity contribution in [1.82, 2.24) is 35.1 Å². The molecule has 2 aromatic heterocycles. The number of esters is 1. The molecule has 0 unspecified atom stereocenters. The van der Waals surface area contributed by atoms with Crippen molar-refractivity contribution in [2.24, 2.45) is 11.8 Å². The van der Waals surface area contributed by atoms with Crippen LogP contribution in [0, 0.1) is 11.8 Å². The Labute approximate surface area is 377 Å². The number of fused-ring (bicyclic) bond motifs is 6. The van der Waals surface area contributed by atoms with Gasteiger partial charge in [0.25, 0.3) is 0 Å². The van der Waals surface area contributed by atoms with E-state index in [1.54, 1.807) is 27.2 Å². The van der Waals surface area contributed by atoms with Crippen LogP contribution < -0.4 is 10.1 Å². The number of nitrogens with zero attached hydrogens (tertiary/aromatic N) is 4. The zero-order valence-corrected chi connectivity index (χ0v) is 38.3. The summed E-state index contributed by atoms with van der Waals surface area (Å²) in [5.41, 5.74) is 6.41. The molecule has 0 saturated carbocycles. The van der Waals surface area contributed by atoms with Gasteiger partial charge in [0, 0.05) is 50.8 Å². The maximum Gasteiger partial charge on any atom is 0.407 e. The summed E-state index contributed by atoms with van der Waals surface area (Å²) in [6, 6.07) is 12.9. The van der Waals surface area contributed by atoms with Crippen LogP contribution in [0.25, 0.3) is 44.2 Å². The molecule has 0 spiro atoms. The van der Waals surface area contributed by atoms with Crippen molar-refractivity contribution in [1.29, 1.82) is 0 Å². The average molecular weight is 894 g/mol. The molecular formula is C48H59N7O10. The van der Waals surface area contributed by atoms with E-state index in [1.165, 1.54) is 28.4 Å². The van der Waals surface area contributed by atoms with Crippen molar-refractivity contribution in [3.05, 3.63) is 65.9 Å². The molecule has 3 aliphatic heterocycles. The highest BCUT2D eigenvalue weighted by atomic mass is 16.5. The number of methoxy groups -OCH3 is 5. The van der Waals surface area contributed by atoms with Gasteiger partial charge < -0.3 is 53.5 Å². The molecule has 0 radical (unpaired) electrons. The molecule has 0 bridgehead atoms. The molecule has 2 fully saturated rings. The number of imidazole rings is 2. The topological polar surface area (TPSA) is 200 Å². The molecule has 8 rings (SSSR count). The third kappa shape index (κ3) is 8.76. The quantitative estimate of drug-likeness (QED) is 0.0952. The Morgan fingerprint density at radius 2 is 1.69 bits per heavy atom. The number of carbonyl (C=O) groups excluding carboxylic acids is 4. The first kappa shape index (κ1) is 45.5. The van der Waals surface area contributed by atoms with Crippen molar-refractivity contribution >= 4 is 45.7 Å². The molecule has 3 amide bonds. The van der Waals surface area contributed by atoms with Gasteiger partial charge in [-0.1, -0.05) is 25.1 Å². The summed E-state index contributed by atoms with van der Waals surface area (Å²) in [6.07, 6.45) is 2.84. The summed E-state index contributed by atoms with van der Waals surface area (Å²) in [5.74, 6) is 0.535. The lowest BCUT2D eigenvalue weighted by Crippen LogP contribution is -2.55. The maximum atomic E-state index is 14.2. The molecule has 3 aliphatic rings. The lowest BCUT2D eigenvalue weighted by Gasteiger charge is -2.34. The van der Waals surface area contributed by atoms with E-state index in [0.717, 1.165) is 74.8 Å². The molecule has 8 atom stereocenters. The number of hydrogen-bond acceptors (Lipinski definition) is 12. The Kier molecular flexibility index (Phi) is 13.4. The van der Waals surface area contributed by atoms with Crippen LogP contribution in [0.2, 0.25) is 0 Å². The molecule has 5 heterocycles. The predicted octanol–water partition coefficient (Wildman–Crippen LogP) is 6.62. The van der Waals surface area contributed by atoms with Gasteiger partial charge in [-0.15, -0.1) is 0 Å². The third-order valence-corrected chi connectivity index (χ3v) is 13.6. The molecule has 2 saturated heterocycles. The maximum absolute atomic E-state index is 14.2. The monoisotopic (exact) mass is 893 g/mol. The standard InChI is InChI=1S/C48H59N7O10/c1-9-31-12-15-38(55(31)47(58)42(26(3)62-6)53-48(59)64-8)44-49-21-37(51-44)29-10-13-32-30(17-29)24-65-40-19-34-28(18-35(32)40)11-14-36-43(34)52-45(50-36)39-16-27(23-60-4)22-54(39)46(57)33(25(2)61-5)20-41(56)63-7/h10-11,13-14,17-19,21,25-27,31,33,38-39,42H,9,12,15-16,20,22-24H2,1-8H3,(H,49,51)(H,50,52)(H,53,59)/t25-,26-,27+,31+,33+,38+,39+,42+/m1/s1. The van der Waals surface area contributed by atoms with Gasteiger partial charge in [-0.3, -0.25) is 14.4 Å². The van der Waals surface area contributed by atoms with E-state index in [1.807, 2.05) is 21.9 Å². The highest BCUT2D eigenvalue weighted by molar-refractivity contribution is 6.07. The fourth-order valence-corrected chi connectivity index (χ4v) is 9.91. The number of aromatic nitrogens is 4. The summed E-state index contributed by atoms with van der Waals surface area (Å²) in [5, 5.41) is 4.58. The normalized spacial score (nSPS) is 21.0. The lowest BCUT2D eigenvalue weighted by atomic mass is 9.92. The van der Waals surface area contributed by atoms with Crippen molar-refractivity contribution < 1.29 is 47.6 Å². The second kappa shape index (κ2) is 19.2. The number of amides is 3. The van der Waals surface area contributed by atoms with Gasteiger partial charge in [-0.2, -0.15) is 0 Å². The molecule has 17 heteroatoms. The van der Waals surface area contributed by atoms with Gasteiger partial charge >= 0.3 is 12.1 Å². The van der Waals surface area contributed by atoms with Crippen molar-refractivity contribution in [2.75, 3.05) is 48.7 Å². The summed E-state index contributed by atoms with van der Waals surface area (Å²) < 4.78 is 32.8. The molecule has 346 valence electrons. The number of carbonyl (C=O) groups is 4. The van der Waals surface area contributed by atoms with E-state index >= 15 is 0 Å². The zero-order valence-electron chi connectivity index (χ0n) is 38.3. The summed E-state index contributed by atoms with van der Waals surface area (Å²) in [7, 11) is 7.28. The van der Waals surface area contributed by atoms with Crippen LogP contribution in [-0.4, -0.2) is 127 Å².